The minimum atomic E-state index is -0.351. The van der Waals surface area contributed by atoms with Gasteiger partial charge in [0.05, 0.1) is 11.7 Å². The van der Waals surface area contributed by atoms with Crippen LogP contribution < -0.4 is 0 Å². The van der Waals surface area contributed by atoms with Crippen LogP contribution in [0.2, 0.25) is 0 Å². The molecule has 1 aromatic carbocycles. The normalized spacial score (nSPS) is 32.7. The van der Waals surface area contributed by atoms with Crippen LogP contribution in [0.15, 0.2) is 12.1 Å². The lowest BCUT2D eigenvalue weighted by atomic mass is 9.88. The Labute approximate surface area is 88.3 Å². The molecule has 0 aliphatic carbocycles. The highest BCUT2D eigenvalue weighted by molar-refractivity contribution is 5.50. The Balaban J connectivity index is 2.24. The maximum Gasteiger partial charge on any atom is 0.125 e. The van der Waals surface area contributed by atoms with Crippen molar-refractivity contribution in [3.05, 3.63) is 23.3 Å². The number of phenols is 2. The van der Waals surface area contributed by atoms with Gasteiger partial charge in [0, 0.05) is 11.6 Å². The first-order valence-electron chi connectivity index (χ1n) is 5.32. The molecule has 3 heteroatoms. The van der Waals surface area contributed by atoms with Gasteiger partial charge in [-0.2, -0.15) is 0 Å². The molecule has 0 aromatic heterocycles. The Hall–Kier alpha value is -1.22. The zero-order valence-electron chi connectivity index (χ0n) is 8.66. The highest BCUT2D eigenvalue weighted by atomic mass is 16.5. The summed E-state index contributed by atoms with van der Waals surface area (Å²) in [4.78, 5) is 0. The first kappa shape index (κ1) is 9.04. The molecule has 1 fully saturated rings. The van der Waals surface area contributed by atoms with Gasteiger partial charge in [-0.25, -0.2) is 0 Å². The predicted octanol–water partition coefficient (Wildman–Crippen LogP) is 2.05. The molecule has 3 rings (SSSR count). The van der Waals surface area contributed by atoms with Crippen molar-refractivity contribution in [2.24, 2.45) is 0 Å². The van der Waals surface area contributed by atoms with Gasteiger partial charge in [-0.05, 0) is 37.8 Å². The van der Waals surface area contributed by atoms with Gasteiger partial charge in [0.1, 0.15) is 11.5 Å². The lowest BCUT2D eigenvalue weighted by Gasteiger charge is -2.33. The standard InChI is InChI=1S/C12H14O3/c1-12-3-2-9(15-12)5-7-4-8(13)6-10(14)11(7)12/h4,6,9,13-14H,2-3,5H2,1H3. The van der Waals surface area contributed by atoms with Crippen LogP contribution in [0.5, 0.6) is 11.5 Å². The van der Waals surface area contributed by atoms with Gasteiger partial charge in [-0.3, -0.25) is 0 Å². The van der Waals surface area contributed by atoms with Gasteiger partial charge >= 0.3 is 0 Å². The lowest BCUT2D eigenvalue weighted by molar-refractivity contribution is -0.0451. The summed E-state index contributed by atoms with van der Waals surface area (Å²) in [5.74, 6) is 0.295. The van der Waals surface area contributed by atoms with Crippen LogP contribution in [-0.4, -0.2) is 16.3 Å². The molecule has 2 aliphatic heterocycles. The third-order valence-electron chi connectivity index (χ3n) is 3.53. The van der Waals surface area contributed by atoms with Gasteiger partial charge in [0.15, 0.2) is 0 Å². The Kier molecular flexibility index (Phi) is 1.61. The minimum Gasteiger partial charge on any atom is -0.508 e. The molecule has 1 saturated heterocycles. The van der Waals surface area contributed by atoms with Gasteiger partial charge in [0.2, 0.25) is 0 Å². The van der Waals surface area contributed by atoms with E-state index in [1.165, 1.54) is 6.07 Å². The van der Waals surface area contributed by atoms with Gasteiger partial charge in [-0.1, -0.05) is 0 Å². The summed E-state index contributed by atoms with van der Waals surface area (Å²) in [7, 11) is 0. The van der Waals surface area contributed by atoms with Gasteiger partial charge in [0.25, 0.3) is 0 Å². The quantitative estimate of drug-likeness (QED) is 0.683. The average Bonchev–Trinajstić information content (AvgIpc) is 2.40. The van der Waals surface area contributed by atoms with Crippen LogP contribution in [0.3, 0.4) is 0 Å². The molecule has 2 N–H and O–H groups in total. The number of rotatable bonds is 0. The van der Waals surface area contributed by atoms with Crippen LogP contribution in [0, 0.1) is 0 Å². The van der Waals surface area contributed by atoms with Gasteiger partial charge in [-0.15, -0.1) is 0 Å². The lowest BCUT2D eigenvalue weighted by Crippen LogP contribution is -2.29. The molecule has 2 aliphatic rings. The molecular weight excluding hydrogens is 192 g/mol. The smallest absolute Gasteiger partial charge is 0.125 e. The number of hydrogen-bond donors (Lipinski definition) is 2. The molecule has 3 nitrogen and oxygen atoms in total. The van der Waals surface area contributed by atoms with Crippen molar-refractivity contribution in [2.75, 3.05) is 0 Å². The van der Waals surface area contributed by atoms with Crippen molar-refractivity contribution in [2.45, 2.75) is 37.9 Å². The van der Waals surface area contributed by atoms with Crippen molar-refractivity contribution < 1.29 is 14.9 Å². The summed E-state index contributed by atoms with van der Waals surface area (Å²) < 4.78 is 5.89. The molecule has 15 heavy (non-hydrogen) atoms. The van der Waals surface area contributed by atoms with E-state index in [0.29, 0.717) is 0 Å². The van der Waals surface area contributed by atoms with E-state index in [-0.39, 0.29) is 23.2 Å². The maximum atomic E-state index is 9.88. The summed E-state index contributed by atoms with van der Waals surface area (Å²) in [6.45, 7) is 2.02. The van der Waals surface area contributed by atoms with E-state index in [1.54, 1.807) is 6.07 Å². The van der Waals surface area contributed by atoms with Crippen molar-refractivity contribution in [3.63, 3.8) is 0 Å². The third-order valence-corrected chi connectivity index (χ3v) is 3.53. The first-order valence-corrected chi connectivity index (χ1v) is 5.32. The average molecular weight is 206 g/mol. The van der Waals surface area contributed by atoms with Crippen molar-refractivity contribution in [1.82, 2.24) is 0 Å². The second-order valence-electron chi connectivity index (χ2n) is 4.71. The number of ether oxygens (including phenoxy) is 1. The second-order valence-corrected chi connectivity index (χ2v) is 4.71. The van der Waals surface area contributed by atoms with Crippen molar-refractivity contribution in [3.8, 4) is 11.5 Å². The monoisotopic (exact) mass is 206 g/mol. The number of aromatic hydroxyl groups is 2. The molecule has 1 aromatic rings. The third kappa shape index (κ3) is 1.16. The fraction of sp³-hybridized carbons (Fsp3) is 0.500. The van der Waals surface area contributed by atoms with Crippen LogP contribution >= 0.6 is 0 Å². The second kappa shape index (κ2) is 2.67. The largest absolute Gasteiger partial charge is 0.508 e. The summed E-state index contributed by atoms with van der Waals surface area (Å²) >= 11 is 0. The highest BCUT2D eigenvalue weighted by Crippen LogP contribution is 2.50. The minimum absolute atomic E-state index is 0.135. The SMILES string of the molecule is CC12CCC(Cc3cc(O)cc(O)c31)O2. The Morgan fingerprint density at radius 1 is 1.40 bits per heavy atom. The Morgan fingerprint density at radius 2 is 2.20 bits per heavy atom. The zero-order valence-corrected chi connectivity index (χ0v) is 8.66. The predicted molar refractivity (Wildman–Crippen MR) is 54.9 cm³/mol. The molecule has 2 heterocycles. The molecule has 0 amide bonds. The van der Waals surface area contributed by atoms with Crippen molar-refractivity contribution >= 4 is 0 Å². The van der Waals surface area contributed by atoms with Crippen LogP contribution in [0.25, 0.3) is 0 Å². The zero-order chi connectivity index (χ0) is 10.6. The van der Waals surface area contributed by atoms with E-state index in [4.69, 9.17) is 4.74 Å². The van der Waals surface area contributed by atoms with Crippen molar-refractivity contribution in [1.29, 1.82) is 0 Å². The fourth-order valence-electron chi connectivity index (χ4n) is 2.94. The number of benzene rings is 1. The summed E-state index contributed by atoms with van der Waals surface area (Å²) in [5.41, 5.74) is 1.55. The molecule has 0 radical (unpaired) electrons. The van der Waals surface area contributed by atoms with Crippen LogP contribution in [0.1, 0.15) is 30.9 Å². The van der Waals surface area contributed by atoms with E-state index < -0.39 is 0 Å². The van der Waals surface area contributed by atoms with E-state index >= 15 is 0 Å². The molecule has 2 unspecified atom stereocenters. The van der Waals surface area contributed by atoms with E-state index in [2.05, 4.69) is 0 Å². The highest BCUT2D eigenvalue weighted by Gasteiger charge is 2.44. The van der Waals surface area contributed by atoms with Gasteiger partial charge < -0.3 is 14.9 Å². The molecule has 0 saturated carbocycles. The molecule has 2 atom stereocenters. The maximum absolute atomic E-state index is 9.88. The Morgan fingerprint density at radius 3 is 3.00 bits per heavy atom. The fourth-order valence-corrected chi connectivity index (χ4v) is 2.94. The molecule has 0 spiro atoms. The van der Waals surface area contributed by atoms with Crippen LogP contribution in [-0.2, 0) is 16.8 Å². The molecule has 80 valence electrons. The number of phenolic OH excluding ortho intramolecular Hbond substituents is 2. The number of fused-ring (bicyclic) bond motifs is 4. The van der Waals surface area contributed by atoms with E-state index in [0.717, 1.165) is 30.4 Å². The summed E-state index contributed by atoms with van der Waals surface area (Å²) in [5, 5.41) is 19.3. The number of hydrogen-bond acceptors (Lipinski definition) is 3. The first-order chi connectivity index (χ1) is 7.08. The molecule has 2 bridgehead atoms. The van der Waals surface area contributed by atoms with Crippen LogP contribution in [0.4, 0.5) is 0 Å². The summed E-state index contributed by atoms with van der Waals surface area (Å²) in [6.07, 6.45) is 3.03. The summed E-state index contributed by atoms with van der Waals surface area (Å²) in [6, 6.07) is 3.14. The van der Waals surface area contributed by atoms with E-state index in [1.807, 2.05) is 6.92 Å². The molecular formula is C12H14O3. The Bertz CT molecular complexity index is 427. The topological polar surface area (TPSA) is 49.7 Å². The van der Waals surface area contributed by atoms with E-state index in [9.17, 15) is 10.2 Å².